The summed E-state index contributed by atoms with van der Waals surface area (Å²) in [5.41, 5.74) is 1.09. The predicted octanol–water partition coefficient (Wildman–Crippen LogP) is 1.90. The Bertz CT molecular complexity index is 640. The fourth-order valence-electron chi connectivity index (χ4n) is 2.11. The van der Waals surface area contributed by atoms with E-state index >= 15 is 0 Å². The molecule has 0 spiro atoms. The maximum Gasteiger partial charge on any atom is 0.145 e. The molecular weight excluding hydrogens is 264 g/mol. The second kappa shape index (κ2) is 6.17. The van der Waals surface area contributed by atoms with Gasteiger partial charge in [0.05, 0.1) is 11.4 Å². The van der Waals surface area contributed by atoms with E-state index in [1.807, 2.05) is 48.5 Å². The third kappa shape index (κ3) is 3.25. The quantitative estimate of drug-likeness (QED) is 0.822. The number of nitrogens with one attached hydrogen (secondary N) is 2. The number of hydrogen-bond donors (Lipinski definition) is 2. The molecular formula is C16H16N4O. The van der Waals surface area contributed by atoms with E-state index in [1.54, 1.807) is 6.20 Å². The van der Waals surface area contributed by atoms with Crippen molar-refractivity contribution >= 4 is 11.5 Å². The summed E-state index contributed by atoms with van der Waals surface area (Å²) < 4.78 is 5.64. The number of aromatic nitrogens is 1. The molecule has 1 aliphatic rings. The minimum Gasteiger partial charge on any atom is -0.486 e. The Hall–Kier alpha value is -2.69. The number of rotatable bonds is 5. The average Bonchev–Trinajstić information content (AvgIpc) is 3.03. The lowest BCUT2D eigenvalue weighted by Gasteiger charge is -2.06. The van der Waals surface area contributed by atoms with Crippen LogP contribution in [-0.4, -0.2) is 35.7 Å². The number of aliphatic imine (C=N–C) groups is 1. The number of ether oxygens (including phenoxy) is 1. The molecule has 0 bridgehead atoms. The molecule has 0 radical (unpaired) electrons. The first-order valence-corrected chi connectivity index (χ1v) is 6.81. The molecule has 1 unspecified atom stereocenters. The molecule has 2 N–H and O–H groups in total. The standard InChI is InChI=1S/C16H16N4O/c17-16(13-8-4-5-9-18-13)14-10-19-15(20-14)11-21-12-6-2-1-3-7-12/h1-9,14,17H,10-11H2,(H,19,20). The predicted molar refractivity (Wildman–Crippen MR) is 82.2 cm³/mol. The van der Waals surface area contributed by atoms with Gasteiger partial charge in [-0.1, -0.05) is 24.3 Å². The van der Waals surface area contributed by atoms with Gasteiger partial charge in [0.1, 0.15) is 24.2 Å². The van der Waals surface area contributed by atoms with Gasteiger partial charge in [0.2, 0.25) is 0 Å². The number of nitrogens with zero attached hydrogens (tertiary/aromatic N) is 2. The maximum atomic E-state index is 8.16. The Kier molecular flexibility index (Phi) is 3.91. The minimum atomic E-state index is -0.200. The fraction of sp³-hybridized carbons (Fsp3) is 0.188. The van der Waals surface area contributed by atoms with E-state index in [4.69, 9.17) is 10.1 Å². The van der Waals surface area contributed by atoms with Crippen molar-refractivity contribution in [3.05, 3.63) is 60.4 Å². The van der Waals surface area contributed by atoms with Crippen LogP contribution in [0.25, 0.3) is 0 Å². The summed E-state index contributed by atoms with van der Waals surface area (Å²) >= 11 is 0. The summed E-state index contributed by atoms with van der Waals surface area (Å²) in [5, 5.41) is 11.3. The summed E-state index contributed by atoms with van der Waals surface area (Å²) in [6.45, 7) is 0.999. The Morgan fingerprint density at radius 2 is 2.00 bits per heavy atom. The van der Waals surface area contributed by atoms with Crippen molar-refractivity contribution in [2.24, 2.45) is 4.99 Å². The second-order valence-electron chi connectivity index (χ2n) is 4.70. The van der Waals surface area contributed by atoms with Crippen molar-refractivity contribution in [3.63, 3.8) is 0 Å². The highest BCUT2D eigenvalue weighted by molar-refractivity contribution is 6.03. The van der Waals surface area contributed by atoms with E-state index in [0.29, 0.717) is 24.6 Å². The van der Waals surface area contributed by atoms with E-state index in [1.165, 1.54) is 0 Å². The highest BCUT2D eigenvalue weighted by atomic mass is 16.5. The van der Waals surface area contributed by atoms with Crippen LogP contribution in [-0.2, 0) is 0 Å². The Morgan fingerprint density at radius 3 is 2.76 bits per heavy atom. The molecule has 5 nitrogen and oxygen atoms in total. The van der Waals surface area contributed by atoms with Gasteiger partial charge in [-0.15, -0.1) is 0 Å². The Balaban J connectivity index is 1.61. The molecule has 0 fully saturated rings. The SMILES string of the molecule is N=C(c1ccccn1)C1CNC(COc2ccccc2)=N1. The first-order valence-electron chi connectivity index (χ1n) is 6.81. The zero-order valence-corrected chi connectivity index (χ0v) is 11.5. The van der Waals surface area contributed by atoms with Crippen LogP contribution in [0.5, 0.6) is 5.75 Å². The normalized spacial score (nSPS) is 17.0. The monoisotopic (exact) mass is 280 g/mol. The molecule has 0 aliphatic carbocycles. The van der Waals surface area contributed by atoms with Crippen molar-refractivity contribution in [2.45, 2.75) is 6.04 Å². The lowest BCUT2D eigenvalue weighted by Crippen LogP contribution is -2.28. The third-order valence-electron chi connectivity index (χ3n) is 3.20. The van der Waals surface area contributed by atoms with Gasteiger partial charge in [-0.05, 0) is 24.3 Å². The molecule has 0 saturated carbocycles. The number of hydrogen-bond acceptors (Lipinski definition) is 5. The van der Waals surface area contributed by atoms with Crippen LogP contribution in [0.2, 0.25) is 0 Å². The summed E-state index contributed by atoms with van der Waals surface area (Å²) in [6.07, 6.45) is 1.69. The van der Waals surface area contributed by atoms with Crippen LogP contribution in [0.1, 0.15) is 5.69 Å². The molecule has 106 valence electrons. The van der Waals surface area contributed by atoms with E-state index in [0.717, 1.165) is 11.6 Å². The maximum absolute atomic E-state index is 8.16. The molecule has 1 aromatic heterocycles. The number of amidine groups is 1. The summed E-state index contributed by atoms with van der Waals surface area (Å²) in [7, 11) is 0. The Morgan fingerprint density at radius 1 is 1.19 bits per heavy atom. The van der Waals surface area contributed by atoms with Crippen LogP contribution in [0, 0.1) is 5.41 Å². The fourth-order valence-corrected chi connectivity index (χ4v) is 2.11. The summed E-state index contributed by atoms with van der Waals surface area (Å²) in [5.74, 6) is 1.58. The van der Waals surface area contributed by atoms with Crippen LogP contribution < -0.4 is 10.1 Å². The molecule has 1 aliphatic heterocycles. The molecule has 0 saturated heterocycles. The largest absolute Gasteiger partial charge is 0.486 e. The smallest absolute Gasteiger partial charge is 0.145 e. The van der Waals surface area contributed by atoms with Crippen molar-refractivity contribution < 1.29 is 4.74 Å². The molecule has 5 heteroatoms. The van der Waals surface area contributed by atoms with Gasteiger partial charge in [0.15, 0.2) is 0 Å². The minimum absolute atomic E-state index is 0.200. The van der Waals surface area contributed by atoms with Crippen LogP contribution in [0.3, 0.4) is 0 Å². The third-order valence-corrected chi connectivity index (χ3v) is 3.20. The van der Waals surface area contributed by atoms with E-state index in [9.17, 15) is 0 Å². The molecule has 2 aromatic rings. The average molecular weight is 280 g/mol. The first-order chi connectivity index (χ1) is 10.3. The molecule has 2 heterocycles. The van der Waals surface area contributed by atoms with Gasteiger partial charge in [-0.2, -0.15) is 0 Å². The highest BCUT2D eigenvalue weighted by Crippen LogP contribution is 2.10. The molecule has 3 rings (SSSR count). The highest BCUT2D eigenvalue weighted by Gasteiger charge is 2.22. The number of pyridine rings is 1. The summed E-state index contributed by atoms with van der Waals surface area (Å²) in [4.78, 5) is 8.68. The number of para-hydroxylation sites is 1. The van der Waals surface area contributed by atoms with Gasteiger partial charge in [0, 0.05) is 12.7 Å². The lowest BCUT2D eigenvalue weighted by atomic mass is 10.1. The van der Waals surface area contributed by atoms with Crippen LogP contribution in [0.4, 0.5) is 0 Å². The van der Waals surface area contributed by atoms with Gasteiger partial charge in [0.25, 0.3) is 0 Å². The lowest BCUT2D eigenvalue weighted by molar-refractivity contribution is 0.373. The van der Waals surface area contributed by atoms with Gasteiger partial charge < -0.3 is 15.5 Å². The summed E-state index contributed by atoms with van der Waals surface area (Å²) in [6, 6.07) is 15.0. The Labute approximate surface area is 123 Å². The van der Waals surface area contributed by atoms with Crippen molar-refractivity contribution in [3.8, 4) is 5.75 Å². The topological polar surface area (TPSA) is 70.4 Å². The van der Waals surface area contributed by atoms with Gasteiger partial charge >= 0.3 is 0 Å². The zero-order chi connectivity index (χ0) is 14.5. The van der Waals surface area contributed by atoms with Gasteiger partial charge in [-0.25, -0.2) is 0 Å². The van der Waals surface area contributed by atoms with E-state index in [-0.39, 0.29) is 6.04 Å². The van der Waals surface area contributed by atoms with Crippen LogP contribution >= 0.6 is 0 Å². The second-order valence-corrected chi connectivity index (χ2v) is 4.70. The molecule has 1 aromatic carbocycles. The molecule has 0 amide bonds. The molecule has 21 heavy (non-hydrogen) atoms. The van der Waals surface area contributed by atoms with Crippen LogP contribution in [0.15, 0.2) is 59.7 Å². The molecule has 1 atom stereocenters. The number of benzene rings is 1. The van der Waals surface area contributed by atoms with Gasteiger partial charge in [-0.3, -0.25) is 9.98 Å². The first kappa shape index (κ1) is 13.3. The van der Waals surface area contributed by atoms with E-state index in [2.05, 4.69) is 15.3 Å². The van der Waals surface area contributed by atoms with Crippen molar-refractivity contribution in [1.82, 2.24) is 10.3 Å². The van der Waals surface area contributed by atoms with Crippen molar-refractivity contribution in [1.29, 1.82) is 5.41 Å². The van der Waals surface area contributed by atoms with E-state index < -0.39 is 0 Å². The zero-order valence-electron chi connectivity index (χ0n) is 11.5. The van der Waals surface area contributed by atoms with Crippen molar-refractivity contribution in [2.75, 3.05) is 13.2 Å².